The summed E-state index contributed by atoms with van der Waals surface area (Å²) in [6, 6.07) is 3.05. The second kappa shape index (κ2) is 6.07. The van der Waals surface area contributed by atoms with Crippen molar-refractivity contribution in [1.29, 1.82) is 0 Å². The summed E-state index contributed by atoms with van der Waals surface area (Å²) in [6.07, 6.45) is 2.96. The highest BCUT2D eigenvalue weighted by molar-refractivity contribution is 7.89. The molecule has 0 N–H and O–H groups in total. The molecule has 1 aliphatic carbocycles. The van der Waals surface area contributed by atoms with Gasteiger partial charge in [-0.25, -0.2) is 8.42 Å². The average molecular weight is 316 g/mol. The zero-order chi connectivity index (χ0) is 15.6. The summed E-state index contributed by atoms with van der Waals surface area (Å²) < 4.78 is 40.2. The van der Waals surface area contributed by atoms with E-state index in [0.717, 1.165) is 31.4 Å². The fourth-order valence-electron chi connectivity index (χ4n) is 2.18. The first-order valence-corrected chi connectivity index (χ1v) is 8.28. The first-order chi connectivity index (χ1) is 9.89. The zero-order valence-electron chi connectivity index (χ0n) is 11.7. The van der Waals surface area contributed by atoms with E-state index in [1.165, 1.54) is 10.4 Å². The van der Waals surface area contributed by atoms with Gasteiger partial charge in [0.25, 0.3) is 0 Å². The smallest absolute Gasteiger partial charge is 0.258 e. The maximum atomic E-state index is 13.6. The van der Waals surface area contributed by atoms with Crippen molar-refractivity contribution >= 4 is 15.7 Å². The van der Waals surface area contributed by atoms with Gasteiger partial charge in [0, 0.05) is 12.6 Å². The van der Waals surface area contributed by atoms with Crippen molar-refractivity contribution in [2.75, 3.05) is 6.54 Å². The number of hydrogen-bond acceptors (Lipinski definition) is 4. The van der Waals surface area contributed by atoms with Gasteiger partial charge in [0.2, 0.25) is 15.8 Å². The van der Waals surface area contributed by atoms with Gasteiger partial charge in [-0.3, -0.25) is 10.1 Å². The molecule has 0 atom stereocenters. The Labute approximate surface area is 122 Å². The summed E-state index contributed by atoms with van der Waals surface area (Å²) in [5.74, 6) is -1.13. The summed E-state index contributed by atoms with van der Waals surface area (Å²) in [7, 11) is -4.06. The van der Waals surface area contributed by atoms with E-state index in [1.54, 1.807) is 0 Å². The Bertz CT molecular complexity index is 644. The van der Waals surface area contributed by atoms with E-state index in [1.807, 2.05) is 6.92 Å². The minimum Gasteiger partial charge on any atom is -0.258 e. The molecule has 0 amide bonds. The number of nitro groups is 1. The van der Waals surface area contributed by atoms with Crippen LogP contribution in [-0.4, -0.2) is 30.2 Å². The number of sulfonamides is 1. The minimum atomic E-state index is -4.06. The molecule has 1 saturated carbocycles. The Balaban J connectivity index is 2.47. The molecule has 21 heavy (non-hydrogen) atoms. The van der Waals surface area contributed by atoms with Crippen LogP contribution in [0.1, 0.15) is 32.6 Å². The monoisotopic (exact) mass is 316 g/mol. The number of rotatable bonds is 7. The van der Waals surface area contributed by atoms with E-state index >= 15 is 0 Å². The molecule has 1 aromatic rings. The Kier molecular flexibility index (Phi) is 4.58. The highest BCUT2D eigenvalue weighted by Crippen LogP contribution is 2.36. The van der Waals surface area contributed by atoms with Gasteiger partial charge in [0.05, 0.1) is 4.92 Å². The van der Waals surface area contributed by atoms with Gasteiger partial charge in [-0.1, -0.05) is 19.4 Å². The SMILES string of the molecule is CCCCN(C1CC1)S(=O)(=O)c1cccc(F)c1[N+](=O)[O-]. The van der Waals surface area contributed by atoms with Crippen LogP contribution in [-0.2, 0) is 10.0 Å². The topological polar surface area (TPSA) is 80.5 Å². The molecule has 0 saturated heterocycles. The number of nitrogens with zero attached hydrogens (tertiary/aromatic N) is 2. The lowest BCUT2D eigenvalue weighted by molar-refractivity contribution is -0.390. The number of unbranched alkanes of at least 4 members (excludes halogenated alkanes) is 1. The summed E-state index contributed by atoms with van der Waals surface area (Å²) in [5.41, 5.74) is -0.973. The highest BCUT2D eigenvalue weighted by atomic mass is 32.2. The van der Waals surface area contributed by atoms with Crippen molar-refractivity contribution < 1.29 is 17.7 Å². The Hall–Kier alpha value is -1.54. The lowest BCUT2D eigenvalue weighted by Crippen LogP contribution is -2.34. The molecule has 0 unspecified atom stereocenters. The van der Waals surface area contributed by atoms with E-state index in [-0.39, 0.29) is 6.04 Å². The van der Waals surface area contributed by atoms with Crippen LogP contribution < -0.4 is 0 Å². The van der Waals surface area contributed by atoms with Crippen LogP contribution in [0.5, 0.6) is 0 Å². The van der Waals surface area contributed by atoms with Gasteiger partial charge in [0.1, 0.15) is 0 Å². The fourth-order valence-corrected chi connectivity index (χ4v) is 4.08. The van der Waals surface area contributed by atoms with Gasteiger partial charge in [-0.15, -0.1) is 0 Å². The van der Waals surface area contributed by atoms with Crippen LogP contribution in [0.3, 0.4) is 0 Å². The van der Waals surface area contributed by atoms with E-state index < -0.39 is 31.3 Å². The molecule has 6 nitrogen and oxygen atoms in total. The van der Waals surface area contributed by atoms with Gasteiger partial charge in [0.15, 0.2) is 4.90 Å². The number of halogens is 1. The van der Waals surface area contributed by atoms with E-state index in [0.29, 0.717) is 13.0 Å². The van der Waals surface area contributed by atoms with E-state index in [4.69, 9.17) is 0 Å². The largest absolute Gasteiger partial charge is 0.324 e. The highest BCUT2D eigenvalue weighted by Gasteiger charge is 2.41. The molecule has 0 heterocycles. The molecular weight excluding hydrogens is 299 g/mol. The molecule has 0 aromatic heterocycles. The summed E-state index contributed by atoms with van der Waals surface area (Å²) in [4.78, 5) is 9.46. The van der Waals surface area contributed by atoms with Gasteiger partial charge < -0.3 is 0 Å². The molecule has 1 aliphatic rings. The molecule has 0 spiro atoms. The third-order valence-electron chi connectivity index (χ3n) is 3.41. The van der Waals surface area contributed by atoms with Crippen molar-refractivity contribution in [2.24, 2.45) is 0 Å². The second-order valence-corrected chi connectivity index (χ2v) is 6.90. The van der Waals surface area contributed by atoms with Crippen molar-refractivity contribution in [3.63, 3.8) is 0 Å². The predicted molar refractivity (Wildman–Crippen MR) is 74.9 cm³/mol. The molecule has 0 radical (unpaired) electrons. The molecule has 2 rings (SSSR count). The van der Waals surface area contributed by atoms with Gasteiger partial charge >= 0.3 is 5.69 Å². The summed E-state index contributed by atoms with van der Waals surface area (Å²) >= 11 is 0. The third kappa shape index (κ3) is 3.21. The second-order valence-electron chi connectivity index (χ2n) is 5.04. The molecule has 0 bridgehead atoms. The Morgan fingerprint density at radius 1 is 1.43 bits per heavy atom. The standard InChI is InChI=1S/C13H17FN2O4S/c1-2-3-9-15(10-7-8-10)21(19,20)12-6-4-5-11(14)13(12)16(17)18/h4-6,10H,2-3,7-9H2,1H3. The predicted octanol–water partition coefficient (Wildman–Crippen LogP) is 2.69. The van der Waals surface area contributed by atoms with Crippen LogP contribution in [0.25, 0.3) is 0 Å². The molecule has 1 fully saturated rings. The number of hydrogen-bond donors (Lipinski definition) is 0. The van der Waals surface area contributed by atoms with Gasteiger partial charge in [-0.05, 0) is 31.4 Å². The number of para-hydroxylation sites is 1. The third-order valence-corrected chi connectivity index (χ3v) is 5.39. The van der Waals surface area contributed by atoms with Gasteiger partial charge in [-0.2, -0.15) is 8.70 Å². The van der Waals surface area contributed by atoms with Crippen molar-refractivity contribution in [3.05, 3.63) is 34.1 Å². The zero-order valence-corrected chi connectivity index (χ0v) is 12.5. The van der Waals surface area contributed by atoms with E-state index in [2.05, 4.69) is 0 Å². The normalized spacial score (nSPS) is 15.4. The van der Waals surface area contributed by atoms with Crippen molar-refractivity contribution in [3.8, 4) is 0 Å². The van der Waals surface area contributed by atoms with Crippen molar-refractivity contribution in [2.45, 2.75) is 43.5 Å². The summed E-state index contributed by atoms with van der Waals surface area (Å²) in [5, 5.41) is 11.0. The first kappa shape index (κ1) is 15.8. The maximum Gasteiger partial charge on any atom is 0.324 e. The molecule has 8 heteroatoms. The van der Waals surface area contributed by atoms with Crippen LogP contribution in [0, 0.1) is 15.9 Å². The van der Waals surface area contributed by atoms with Crippen molar-refractivity contribution in [1.82, 2.24) is 4.31 Å². The van der Waals surface area contributed by atoms with E-state index in [9.17, 15) is 22.9 Å². The van der Waals surface area contributed by atoms with Crippen LogP contribution in [0.4, 0.5) is 10.1 Å². The average Bonchev–Trinajstić information content (AvgIpc) is 3.22. The lowest BCUT2D eigenvalue weighted by atomic mass is 10.3. The number of nitro benzene ring substituents is 1. The molecule has 0 aliphatic heterocycles. The Morgan fingerprint density at radius 2 is 2.10 bits per heavy atom. The molecule has 116 valence electrons. The summed E-state index contributed by atoms with van der Waals surface area (Å²) in [6.45, 7) is 2.24. The van der Waals surface area contributed by atoms with Crippen LogP contribution in [0.2, 0.25) is 0 Å². The molecular formula is C13H17FN2O4S. The lowest BCUT2D eigenvalue weighted by Gasteiger charge is -2.21. The van der Waals surface area contributed by atoms with Crippen LogP contribution >= 0.6 is 0 Å². The quantitative estimate of drug-likeness (QED) is 0.572. The fraction of sp³-hybridized carbons (Fsp3) is 0.538. The first-order valence-electron chi connectivity index (χ1n) is 6.84. The maximum absolute atomic E-state index is 13.6. The Morgan fingerprint density at radius 3 is 2.62 bits per heavy atom. The van der Waals surface area contributed by atoms with Crippen LogP contribution in [0.15, 0.2) is 23.1 Å². The minimum absolute atomic E-state index is 0.121. The number of benzene rings is 1. The molecule has 1 aromatic carbocycles.